The van der Waals surface area contributed by atoms with Crippen LogP contribution in [0.25, 0.3) is 11.1 Å². The number of aromatic nitrogens is 1. The fraction of sp³-hybridized carbons (Fsp3) is 0.208. The number of nitrogens with zero attached hydrogens (tertiary/aromatic N) is 2. The fourth-order valence-electron chi connectivity index (χ4n) is 3.73. The second-order valence-corrected chi connectivity index (χ2v) is 8.58. The van der Waals surface area contributed by atoms with Crippen molar-refractivity contribution >= 4 is 29.1 Å². The van der Waals surface area contributed by atoms with Crippen LogP contribution in [0.5, 0.6) is 5.75 Å². The molecule has 1 aromatic heterocycles. The van der Waals surface area contributed by atoms with E-state index in [1.807, 2.05) is 12.1 Å². The van der Waals surface area contributed by atoms with E-state index in [0.717, 1.165) is 48.1 Å². The largest absolute Gasteiger partial charge is 0.508 e. The number of rotatable bonds is 5. The Balaban J connectivity index is 1.72. The third-order valence-corrected chi connectivity index (χ3v) is 6.44. The number of hydrogen-bond acceptors (Lipinski definition) is 5. The molecule has 0 radical (unpaired) electrons. The average molecular weight is 435 g/mol. The van der Waals surface area contributed by atoms with Crippen molar-refractivity contribution in [3.8, 4) is 22.9 Å². The Morgan fingerprint density at radius 1 is 1.10 bits per heavy atom. The maximum atomic E-state index is 12.6. The smallest absolute Gasteiger partial charge is 0.173 e. The molecular formula is C24H19ClN2O2S. The molecule has 1 aliphatic carbocycles. The minimum Gasteiger partial charge on any atom is -0.508 e. The van der Waals surface area contributed by atoms with Gasteiger partial charge in [-0.2, -0.15) is 5.26 Å². The minimum absolute atomic E-state index is 0.0359. The number of benzene rings is 2. The van der Waals surface area contributed by atoms with Gasteiger partial charge in [0.15, 0.2) is 5.78 Å². The SMILES string of the molecule is N#Cc1c(SCC(=O)c2ccc(Cl)cc2)nc2c(c1-c1ccc(O)cc1)CCCC2. The molecule has 0 amide bonds. The van der Waals surface area contributed by atoms with Crippen LogP contribution in [-0.2, 0) is 12.8 Å². The molecule has 4 nitrogen and oxygen atoms in total. The van der Waals surface area contributed by atoms with Crippen LogP contribution in [0.3, 0.4) is 0 Å². The Hall–Kier alpha value is -2.81. The number of carbonyl (C=O) groups excluding carboxylic acids is 1. The first-order valence-corrected chi connectivity index (χ1v) is 11.1. The number of halogens is 1. The highest BCUT2D eigenvalue weighted by Gasteiger charge is 2.23. The molecule has 2 aromatic carbocycles. The summed E-state index contributed by atoms with van der Waals surface area (Å²) in [7, 11) is 0. The van der Waals surface area contributed by atoms with Crippen molar-refractivity contribution in [1.82, 2.24) is 4.98 Å². The summed E-state index contributed by atoms with van der Waals surface area (Å²) in [6.45, 7) is 0. The molecule has 1 heterocycles. The highest BCUT2D eigenvalue weighted by atomic mass is 35.5. The maximum Gasteiger partial charge on any atom is 0.173 e. The van der Waals surface area contributed by atoms with Gasteiger partial charge >= 0.3 is 0 Å². The highest BCUT2D eigenvalue weighted by molar-refractivity contribution is 8.00. The number of pyridine rings is 1. The van der Waals surface area contributed by atoms with Crippen LogP contribution >= 0.6 is 23.4 Å². The highest BCUT2D eigenvalue weighted by Crippen LogP contribution is 2.38. The van der Waals surface area contributed by atoms with Gasteiger partial charge in [0.05, 0.1) is 11.3 Å². The lowest BCUT2D eigenvalue weighted by molar-refractivity contribution is 0.102. The zero-order valence-electron chi connectivity index (χ0n) is 16.2. The van der Waals surface area contributed by atoms with Gasteiger partial charge in [-0.1, -0.05) is 35.5 Å². The van der Waals surface area contributed by atoms with Crippen molar-refractivity contribution in [2.75, 3.05) is 5.75 Å². The lowest BCUT2D eigenvalue weighted by Gasteiger charge is -2.22. The number of aryl methyl sites for hydroxylation is 1. The molecule has 150 valence electrons. The van der Waals surface area contributed by atoms with Crippen molar-refractivity contribution in [3.05, 3.63) is 75.9 Å². The molecule has 4 rings (SSSR count). The van der Waals surface area contributed by atoms with Crippen molar-refractivity contribution in [2.24, 2.45) is 0 Å². The van der Waals surface area contributed by atoms with Crippen molar-refractivity contribution in [1.29, 1.82) is 5.26 Å². The zero-order chi connectivity index (χ0) is 21.1. The Bertz CT molecular complexity index is 1140. The van der Waals surface area contributed by atoms with Crippen molar-refractivity contribution < 1.29 is 9.90 Å². The number of phenolic OH excluding ortho intramolecular Hbond substituents is 1. The molecule has 6 heteroatoms. The Labute approximate surface area is 184 Å². The number of fused-ring (bicyclic) bond motifs is 1. The van der Waals surface area contributed by atoms with Gasteiger partial charge in [-0.3, -0.25) is 4.79 Å². The first-order valence-electron chi connectivity index (χ1n) is 9.73. The molecular weight excluding hydrogens is 416 g/mol. The monoisotopic (exact) mass is 434 g/mol. The van der Waals surface area contributed by atoms with Crippen LogP contribution in [0.2, 0.25) is 5.02 Å². The predicted molar refractivity (Wildman–Crippen MR) is 119 cm³/mol. The van der Waals surface area contributed by atoms with E-state index in [1.54, 1.807) is 36.4 Å². The second kappa shape index (κ2) is 8.91. The summed E-state index contributed by atoms with van der Waals surface area (Å²) in [4.78, 5) is 17.4. The number of Topliss-reactive ketones (excluding diaryl/α,β-unsaturated/α-hetero) is 1. The normalized spacial score (nSPS) is 12.8. The van der Waals surface area contributed by atoms with Crippen LogP contribution in [0.15, 0.2) is 53.6 Å². The quantitative estimate of drug-likeness (QED) is 0.403. The molecule has 0 fully saturated rings. The Morgan fingerprint density at radius 3 is 2.50 bits per heavy atom. The topological polar surface area (TPSA) is 74.0 Å². The van der Waals surface area contributed by atoms with Gasteiger partial charge in [-0.05, 0) is 73.2 Å². The first kappa shape index (κ1) is 20.5. The number of aromatic hydroxyl groups is 1. The van der Waals surface area contributed by atoms with Gasteiger partial charge in [0.1, 0.15) is 16.8 Å². The van der Waals surface area contributed by atoms with Crippen molar-refractivity contribution in [3.63, 3.8) is 0 Å². The van der Waals surface area contributed by atoms with E-state index >= 15 is 0 Å². The number of ketones is 1. The minimum atomic E-state index is -0.0359. The number of nitriles is 1. The first-order chi connectivity index (χ1) is 14.6. The number of hydrogen-bond donors (Lipinski definition) is 1. The van der Waals surface area contributed by atoms with Crippen LogP contribution in [0.1, 0.15) is 40.0 Å². The van der Waals surface area contributed by atoms with E-state index < -0.39 is 0 Å². The van der Waals surface area contributed by atoms with Crippen LogP contribution < -0.4 is 0 Å². The number of carbonyl (C=O) groups is 1. The van der Waals surface area contributed by atoms with Gasteiger partial charge < -0.3 is 5.11 Å². The van der Waals surface area contributed by atoms with E-state index in [0.29, 0.717) is 21.2 Å². The summed E-state index contributed by atoms with van der Waals surface area (Å²) in [5, 5.41) is 20.8. The molecule has 1 N–H and O–H groups in total. The summed E-state index contributed by atoms with van der Waals surface area (Å²) in [6, 6.07) is 16.0. The molecule has 0 unspecified atom stereocenters. The maximum absolute atomic E-state index is 12.6. The van der Waals surface area contributed by atoms with E-state index in [4.69, 9.17) is 16.6 Å². The van der Waals surface area contributed by atoms with E-state index in [9.17, 15) is 15.2 Å². The fourth-order valence-corrected chi connectivity index (χ4v) is 4.75. The van der Waals surface area contributed by atoms with Gasteiger partial charge in [0, 0.05) is 21.8 Å². The van der Waals surface area contributed by atoms with Gasteiger partial charge in [-0.25, -0.2) is 4.98 Å². The lowest BCUT2D eigenvalue weighted by atomic mass is 9.87. The summed E-state index contributed by atoms with van der Waals surface area (Å²) in [5.41, 5.74) is 4.96. The van der Waals surface area contributed by atoms with Crippen LogP contribution in [0.4, 0.5) is 0 Å². The van der Waals surface area contributed by atoms with Gasteiger partial charge in [0.2, 0.25) is 0 Å². The van der Waals surface area contributed by atoms with E-state index in [1.165, 1.54) is 11.8 Å². The zero-order valence-corrected chi connectivity index (χ0v) is 17.8. The second-order valence-electron chi connectivity index (χ2n) is 7.18. The molecule has 0 atom stereocenters. The molecule has 0 bridgehead atoms. The van der Waals surface area contributed by atoms with Crippen LogP contribution in [0, 0.1) is 11.3 Å². The molecule has 0 saturated heterocycles. The standard InChI is InChI=1S/C24H19ClN2O2S/c25-17-9-5-15(6-10-17)22(29)14-30-24-20(13-26)23(16-7-11-18(28)12-8-16)19-3-1-2-4-21(19)27-24/h5-12,28H,1-4,14H2. The number of thioether (sulfide) groups is 1. The molecule has 0 spiro atoms. The third-order valence-electron chi connectivity index (χ3n) is 5.21. The molecule has 0 aliphatic heterocycles. The molecule has 1 aliphatic rings. The Kier molecular flexibility index (Phi) is 6.08. The summed E-state index contributed by atoms with van der Waals surface area (Å²) in [6.07, 6.45) is 3.87. The molecule has 0 saturated carbocycles. The van der Waals surface area contributed by atoms with Gasteiger partial charge in [0.25, 0.3) is 0 Å². The van der Waals surface area contributed by atoms with Crippen molar-refractivity contribution in [2.45, 2.75) is 30.7 Å². The third kappa shape index (κ3) is 4.21. The Morgan fingerprint density at radius 2 is 1.80 bits per heavy atom. The lowest BCUT2D eigenvalue weighted by Crippen LogP contribution is -2.11. The van der Waals surface area contributed by atoms with E-state index in [-0.39, 0.29) is 17.3 Å². The van der Waals surface area contributed by atoms with Crippen LogP contribution in [-0.4, -0.2) is 21.6 Å². The summed E-state index contributed by atoms with van der Waals surface area (Å²) in [5.74, 6) is 0.339. The van der Waals surface area contributed by atoms with Gasteiger partial charge in [-0.15, -0.1) is 0 Å². The average Bonchev–Trinajstić information content (AvgIpc) is 2.77. The summed E-state index contributed by atoms with van der Waals surface area (Å²) >= 11 is 7.20. The predicted octanol–water partition coefficient (Wildman–Crippen LogP) is 5.83. The van der Waals surface area contributed by atoms with E-state index in [2.05, 4.69) is 6.07 Å². The summed E-state index contributed by atoms with van der Waals surface area (Å²) < 4.78 is 0. The molecule has 3 aromatic rings. The number of phenols is 1. The molecule has 30 heavy (non-hydrogen) atoms.